The van der Waals surface area contributed by atoms with E-state index in [2.05, 4.69) is 15.8 Å². The molecule has 1 aliphatic carbocycles. The molecule has 2 aromatic carbocycles. The number of rotatable bonds is 5. The van der Waals surface area contributed by atoms with Crippen LogP contribution in [0.25, 0.3) is 6.08 Å². The van der Waals surface area contributed by atoms with E-state index in [4.69, 9.17) is 0 Å². The summed E-state index contributed by atoms with van der Waals surface area (Å²) in [7, 11) is 0. The van der Waals surface area contributed by atoms with E-state index in [9.17, 15) is 9.59 Å². The zero-order valence-electron chi connectivity index (χ0n) is 15.2. The number of hydrazone groups is 1. The van der Waals surface area contributed by atoms with Crippen molar-refractivity contribution in [2.24, 2.45) is 5.10 Å². The lowest BCUT2D eigenvalue weighted by molar-refractivity contribution is -0.117. The summed E-state index contributed by atoms with van der Waals surface area (Å²) in [5, 5.41) is 6.96. The van der Waals surface area contributed by atoms with Crippen LogP contribution in [-0.2, 0) is 4.79 Å². The number of nitrogens with one attached hydrogen (secondary N) is 2. The molecule has 0 unspecified atom stereocenters. The number of hydrogen-bond acceptors (Lipinski definition) is 3. The van der Waals surface area contributed by atoms with Gasteiger partial charge in [-0.2, -0.15) is 5.10 Å². The molecular formula is C22H23N3O2. The van der Waals surface area contributed by atoms with Gasteiger partial charge < -0.3 is 5.32 Å². The van der Waals surface area contributed by atoms with Crippen molar-refractivity contribution in [2.75, 3.05) is 0 Å². The Labute approximate surface area is 159 Å². The summed E-state index contributed by atoms with van der Waals surface area (Å²) in [5.74, 6) is -0.764. The second-order valence-electron chi connectivity index (χ2n) is 6.47. The zero-order valence-corrected chi connectivity index (χ0v) is 15.2. The van der Waals surface area contributed by atoms with Gasteiger partial charge in [-0.05, 0) is 49.5 Å². The lowest BCUT2D eigenvalue weighted by Crippen LogP contribution is -2.33. The van der Waals surface area contributed by atoms with Crippen molar-refractivity contribution in [3.63, 3.8) is 0 Å². The van der Waals surface area contributed by atoms with Gasteiger partial charge in [-0.1, -0.05) is 55.0 Å². The number of carbonyl (C=O) groups excluding carboxylic acids is 2. The summed E-state index contributed by atoms with van der Waals surface area (Å²) in [4.78, 5) is 25.1. The number of benzene rings is 2. The molecule has 1 saturated carbocycles. The Morgan fingerprint density at radius 3 is 2.15 bits per heavy atom. The van der Waals surface area contributed by atoms with Crippen molar-refractivity contribution in [1.29, 1.82) is 0 Å². The first kappa shape index (κ1) is 18.6. The summed E-state index contributed by atoms with van der Waals surface area (Å²) < 4.78 is 0. The van der Waals surface area contributed by atoms with E-state index < -0.39 is 5.91 Å². The normalized spacial score (nSPS) is 14.4. The van der Waals surface area contributed by atoms with Crippen molar-refractivity contribution >= 4 is 23.6 Å². The highest BCUT2D eigenvalue weighted by Crippen LogP contribution is 2.14. The Balaban J connectivity index is 1.78. The predicted molar refractivity (Wildman–Crippen MR) is 107 cm³/mol. The molecule has 0 spiro atoms. The average Bonchev–Trinajstić information content (AvgIpc) is 2.73. The van der Waals surface area contributed by atoms with E-state index in [1.807, 2.05) is 36.4 Å². The van der Waals surface area contributed by atoms with Crippen LogP contribution in [-0.4, -0.2) is 17.5 Å². The number of hydrogen-bond donors (Lipinski definition) is 2. The molecule has 0 bridgehead atoms. The summed E-state index contributed by atoms with van der Waals surface area (Å²) >= 11 is 0. The molecule has 0 radical (unpaired) electrons. The van der Waals surface area contributed by atoms with Crippen molar-refractivity contribution < 1.29 is 9.59 Å². The lowest BCUT2D eigenvalue weighted by atomic mass is 9.99. The molecule has 3 rings (SSSR count). The molecule has 5 heteroatoms. The van der Waals surface area contributed by atoms with E-state index in [0.29, 0.717) is 5.56 Å². The monoisotopic (exact) mass is 361 g/mol. The van der Waals surface area contributed by atoms with Gasteiger partial charge in [0.1, 0.15) is 5.70 Å². The fourth-order valence-electron chi connectivity index (χ4n) is 2.92. The van der Waals surface area contributed by atoms with Gasteiger partial charge in [0.2, 0.25) is 0 Å². The van der Waals surface area contributed by atoms with Gasteiger partial charge in [-0.25, -0.2) is 5.43 Å². The molecule has 27 heavy (non-hydrogen) atoms. The van der Waals surface area contributed by atoms with Gasteiger partial charge in [-0.15, -0.1) is 0 Å². The van der Waals surface area contributed by atoms with Gasteiger partial charge in [0, 0.05) is 11.3 Å². The maximum absolute atomic E-state index is 12.7. The molecule has 0 saturated heterocycles. The van der Waals surface area contributed by atoms with E-state index in [1.165, 1.54) is 6.42 Å². The fourth-order valence-corrected chi connectivity index (χ4v) is 2.92. The molecule has 5 nitrogen and oxygen atoms in total. The standard InChI is InChI=1S/C22H23N3O2/c26-21(18-12-6-2-7-13-18)23-20(16-17-10-4-1-5-11-17)22(27)25-24-19-14-8-3-9-15-19/h1-2,4-7,10-13,16H,3,8-9,14-15H2,(H,23,26)(H,25,27)/b20-16+. The first-order chi connectivity index (χ1) is 13.2. The Bertz CT molecular complexity index is 834. The fraction of sp³-hybridized carbons (Fsp3) is 0.227. The second-order valence-corrected chi connectivity index (χ2v) is 6.47. The number of nitrogens with zero attached hydrogens (tertiary/aromatic N) is 1. The van der Waals surface area contributed by atoms with Crippen molar-refractivity contribution in [1.82, 2.24) is 10.7 Å². The van der Waals surface area contributed by atoms with E-state index in [-0.39, 0.29) is 11.6 Å². The number of carbonyl (C=O) groups is 2. The Morgan fingerprint density at radius 1 is 0.852 bits per heavy atom. The minimum atomic E-state index is -0.429. The SMILES string of the molecule is O=C(NN=C1CCCCC1)/C(=C\c1ccccc1)NC(=O)c1ccccc1. The topological polar surface area (TPSA) is 70.6 Å². The highest BCUT2D eigenvalue weighted by Gasteiger charge is 2.15. The molecule has 0 aliphatic heterocycles. The van der Waals surface area contributed by atoms with E-state index in [1.54, 1.807) is 30.3 Å². The molecule has 2 amide bonds. The third-order valence-electron chi connectivity index (χ3n) is 4.39. The molecule has 0 atom stereocenters. The quantitative estimate of drug-likeness (QED) is 0.626. The van der Waals surface area contributed by atoms with Crippen molar-refractivity contribution in [3.8, 4) is 0 Å². The third-order valence-corrected chi connectivity index (χ3v) is 4.39. The maximum Gasteiger partial charge on any atom is 0.287 e. The Kier molecular flexibility index (Phi) is 6.52. The Hall–Kier alpha value is -3.21. The molecule has 0 aromatic heterocycles. The largest absolute Gasteiger partial charge is 0.317 e. The summed E-state index contributed by atoms with van der Waals surface area (Å²) in [6.45, 7) is 0. The van der Waals surface area contributed by atoms with Crippen LogP contribution < -0.4 is 10.7 Å². The minimum absolute atomic E-state index is 0.162. The van der Waals surface area contributed by atoms with E-state index in [0.717, 1.165) is 37.0 Å². The minimum Gasteiger partial charge on any atom is -0.317 e. The van der Waals surface area contributed by atoms with Gasteiger partial charge in [0.15, 0.2) is 0 Å². The van der Waals surface area contributed by atoms with Gasteiger partial charge in [0.05, 0.1) is 0 Å². The van der Waals surface area contributed by atoms with Crippen molar-refractivity contribution in [2.45, 2.75) is 32.1 Å². The van der Waals surface area contributed by atoms with Crippen molar-refractivity contribution in [3.05, 3.63) is 77.5 Å². The second kappa shape index (κ2) is 9.48. The van der Waals surface area contributed by atoms with Crippen LogP contribution in [0.5, 0.6) is 0 Å². The number of amides is 2. The molecule has 1 fully saturated rings. The molecule has 2 N–H and O–H groups in total. The van der Waals surface area contributed by atoms with Crippen LogP contribution in [0.1, 0.15) is 48.0 Å². The van der Waals surface area contributed by atoms with Crippen LogP contribution >= 0.6 is 0 Å². The highest BCUT2D eigenvalue weighted by molar-refractivity contribution is 6.05. The first-order valence-corrected chi connectivity index (χ1v) is 9.21. The maximum atomic E-state index is 12.7. The van der Waals surface area contributed by atoms with Crippen LogP contribution in [0.2, 0.25) is 0 Å². The summed E-state index contributed by atoms with van der Waals surface area (Å²) in [5.41, 5.74) is 5.07. The van der Waals surface area contributed by atoms with E-state index >= 15 is 0 Å². The lowest BCUT2D eigenvalue weighted by Gasteiger charge is -2.13. The van der Waals surface area contributed by atoms with Gasteiger partial charge in [-0.3, -0.25) is 9.59 Å². The summed E-state index contributed by atoms with van der Waals surface area (Å²) in [6, 6.07) is 18.2. The first-order valence-electron chi connectivity index (χ1n) is 9.21. The van der Waals surface area contributed by atoms with Gasteiger partial charge >= 0.3 is 0 Å². The predicted octanol–water partition coefficient (Wildman–Crippen LogP) is 3.89. The zero-order chi connectivity index (χ0) is 18.9. The van der Waals surface area contributed by atoms with Crippen LogP contribution in [0.3, 0.4) is 0 Å². The molecular weight excluding hydrogens is 338 g/mol. The molecule has 1 aliphatic rings. The van der Waals surface area contributed by atoms with Crippen LogP contribution in [0.15, 0.2) is 71.5 Å². The Morgan fingerprint density at radius 2 is 1.48 bits per heavy atom. The molecule has 2 aromatic rings. The average molecular weight is 361 g/mol. The van der Waals surface area contributed by atoms with Crippen LogP contribution in [0.4, 0.5) is 0 Å². The van der Waals surface area contributed by atoms with Crippen LogP contribution in [0, 0.1) is 0 Å². The molecule has 138 valence electrons. The molecule has 0 heterocycles. The summed E-state index contributed by atoms with van der Waals surface area (Å²) in [6.07, 6.45) is 6.89. The van der Waals surface area contributed by atoms with Gasteiger partial charge in [0.25, 0.3) is 11.8 Å². The third kappa shape index (κ3) is 5.64. The highest BCUT2D eigenvalue weighted by atomic mass is 16.2. The smallest absolute Gasteiger partial charge is 0.287 e.